The van der Waals surface area contributed by atoms with Crippen LogP contribution in [0.25, 0.3) is 0 Å². The summed E-state index contributed by atoms with van der Waals surface area (Å²) in [5, 5.41) is 0. The zero-order valence-electron chi connectivity index (χ0n) is 6.88. The molecule has 0 amide bonds. The normalized spacial score (nSPS) is 10.3. The summed E-state index contributed by atoms with van der Waals surface area (Å²) in [5.41, 5.74) is 4.98. The molecule has 0 heterocycles. The number of hydrogen-bond donors (Lipinski definition) is 1. The quantitative estimate of drug-likeness (QED) is 0.370. The molecule has 11 heavy (non-hydrogen) atoms. The molecular formula is C8H15NO2. The SMILES string of the molecule is CCCCCOC(=O)/C=C/N. The van der Waals surface area contributed by atoms with Crippen LogP contribution in [0.1, 0.15) is 26.2 Å². The number of carbonyl (C=O) groups is 1. The summed E-state index contributed by atoms with van der Waals surface area (Å²) in [5.74, 6) is -0.358. The molecular weight excluding hydrogens is 142 g/mol. The van der Waals surface area contributed by atoms with E-state index in [0.717, 1.165) is 19.3 Å². The molecule has 0 rings (SSSR count). The Kier molecular flexibility index (Phi) is 6.48. The summed E-state index contributed by atoms with van der Waals surface area (Å²) < 4.78 is 4.78. The first kappa shape index (κ1) is 10.0. The summed E-state index contributed by atoms with van der Waals surface area (Å²) in [6.07, 6.45) is 5.55. The van der Waals surface area contributed by atoms with Crippen molar-refractivity contribution in [2.45, 2.75) is 26.2 Å². The van der Waals surface area contributed by atoms with E-state index in [2.05, 4.69) is 6.92 Å². The zero-order valence-corrected chi connectivity index (χ0v) is 6.88. The van der Waals surface area contributed by atoms with Gasteiger partial charge in [0.25, 0.3) is 0 Å². The molecule has 0 aliphatic rings. The van der Waals surface area contributed by atoms with Crippen molar-refractivity contribution in [3.63, 3.8) is 0 Å². The highest BCUT2D eigenvalue weighted by atomic mass is 16.5. The molecule has 2 N–H and O–H groups in total. The van der Waals surface area contributed by atoms with Crippen LogP contribution in [0.4, 0.5) is 0 Å². The lowest BCUT2D eigenvalue weighted by molar-refractivity contribution is -0.137. The van der Waals surface area contributed by atoms with Crippen molar-refractivity contribution in [3.8, 4) is 0 Å². The summed E-state index contributed by atoms with van der Waals surface area (Å²) in [7, 11) is 0. The maximum Gasteiger partial charge on any atom is 0.332 e. The van der Waals surface area contributed by atoms with Gasteiger partial charge in [0.1, 0.15) is 0 Å². The molecule has 3 nitrogen and oxygen atoms in total. The van der Waals surface area contributed by atoms with Crippen LogP contribution in [0.5, 0.6) is 0 Å². The van der Waals surface area contributed by atoms with Gasteiger partial charge in [-0.1, -0.05) is 19.8 Å². The number of esters is 1. The average molecular weight is 157 g/mol. The molecule has 0 saturated heterocycles. The van der Waals surface area contributed by atoms with Gasteiger partial charge in [-0.3, -0.25) is 0 Å². The van der Waals surface area contributed by atoms with E-state index in [-0.39, 0.29) is 5.97 Å². The Hall–Kier alpha value is -0.990. The van der Waals surface area contributed by atoms with Crippen molar-refractivity contribution in [2.24, 2.45) is 5.73 Å². The van der Waals surface area contributed by atoms with Crippen molar-refractivity contribution < 1.29 is 9.53 Å². The minimum Gasteiger partial charge on any atom is -0.462 e. The second kappa shape index (κ2) is 7.12. The molecule has 0 aromatic carbocycles. The van der Waals surface area contributed by atoms with Crippen molar-refractivity contribution in [2.75, 3.05) is 6.61 Å². The maximum absolute atomic E-state index is 10.6. The third-order valence-corrected chi connectivity index (χ3v) is 1.22. The Morgan fingerprint density at radius 1 is 1.55 bits per heavy atom. The van der Waals surface area contributed by atoms with Crippen LogP contribution in [0.15, 0.2) is 12.3 Å². The van der Waals surface area contributed by atoms with E-state index < -0.39 is 0 Å². The van der Waals surface area contributed by atoms with Gasteiger partial charge >= 0.3 is 5.97 Å². The van der Waals surface area contributed by atoms with Gasteiger partial charge in [0.05, 0.1) is 6.61 Å². The summed E-state index contributed by atoms with van der Waals surface area (Å²) in [4.78, 5) is 10.6. The fraction of sp³-hybridized carbons (Fsp3) is 0.625. The molecule has 0 fully saturated rings. The van der Waals surface area contributed by atoms with Crippen LogP contribution in [0, 0.1) is 0 Å². The maximum atomic E-state index is 10.6. The van der Waals surface area contributed by atoms with Crippen LogP contribution in [0.3, 0.4) is 0 Å². The molecule has 0 atom stereocenters. The average Bonchev–Trinajstić information content (AvgIpc) is 1.99. The van der Waals surface area contributed by atoms with E-state index in [1.54, 1.807) is 0 Å². The number of nitrogens with two attached hydrogens (primary N) is 1. The van der Waals surface area contributed by atoms with Crippen LogP contribution < -0.4 is 5.73 Å². The lowest BCUT2D eigenvalue weighted by Crippen LogP contribution is -2.02. The summed E-state index contributed by atoms with van der Waals surface area (Å²) >= 11 is 0. The molecule has 0 aromatic rings. The molecule has 0 unspecified atom stereocenters. The van der Waals surface area contributed by atoms with Crippen molar-refractivity contribution in [3.05, 3.63) is 12.3 Å². The van der Waals surface area contributed by atoms with Gasteiger partial charge in [-0.05, 0) is 6.42 Å². The molecule has 0 aliphatic carbocycles. The van der Waals surface area contributed by atoms with Crippen LogP contribution >= 0.6 is 0 Å². The van der Waals surface area contributed by atoms with Gasteiger partial charge in [-0.15, -0.1) is 0 Å². The van der Waals surface area contributed by atoms with Gasteiger partial charge in [-0.25, -0.2) is 4.79 Å². The van der Waals surface area contributed by atoms with Crippen LogP contribution in [-0.2, 0) is 9.53 Å². The third-order valence-electron chi connectivity index (χ3n) is 1.22. The van der Waals surface area contributed by atoms with E-state index in [0.29, 0.717) is 6.61 Å². The molecule has 0 radical (unpaired) electrons. The Balaban J connectivity index is 3.17. The van der Waals surface area contributed by atoms with Crippen LogP contribution in [0.2, 0.25) is 0 Å². The van der Waals surface area contributed by atoms with E-state index in [9.17, 15) is 4.79 Å². The second-order valence-corrected chi connectivity index (χ2v) is 2.23. The number of carbonyl (C=O) groups excluding carboxylic acids is 1. The predicted octanol–water partition coefficient (Wildman–Crippen LogP) is 1.19. The minimum absolute atomic E-state index is 0.358. The largest absolute Gasteiger partial charge is 0.462 e. The first-order chi connectivity index (χ1) is 5.31. The summed E-state index contributed by atoms with van der Waals surface area (Å²) in [6.45, 7) is 2.60. The smallest absolute Gasteiger partial charge is 0.332 e. The van der Waals surface area contributed by atoms with E-state index >= 15 is 0 Å². The predicted molar refractivity (Wildman–Crippen MR) is 43.8 cm³/mol. The summed E-state index contributed by atoms with van der Waals surface area (Å²) in [6, 6.07) is 0. The molecule has 0 bridgehead atoms. The van der Waals surface area contributed by atoms with Gasteiger partial charge in [-0.2, -0.15) is 0 Å². The van der Waals surface area contributed by atoms with E-state index in [1.807, 2.05) is 0 Å². The Morgan fingerprint density at radius 3 is 2.82 bits per heavy atom. The highest BCUT2D eigenvalue weighted by Gasteiger charge is 1.93. The number of ether oxygens (including phenoxy) is 1. The van der Waals surface area contributed by atoms with Crippen LogP contribution in [-0.4, -0.2) is 12.6 Å². The highest BCUT2D eigenvalue weighted by Crippen LogP contribution is 1.94. The molecule has 0 aliphatic heterocycles. The molecule has 0 saturated carbocycles. The monoisotopic (exact) mass is 157 g/mol. The fourth-order valence-electron chi connectivity index (χ4n) is 0.652. The fourth-order valence-corrected chi connectivity index (χ4v) is 0.652. The molecule has 3 heteroatoms. The highest BCUT2D eigenvalue weighted by molar-refractivity contribution is 5.81. The Bertz CT molecular complexity index is 132. The lowest BCUT2D eigenvalue weighted by Gasteiger charge is -1.99. The molecule has 0 spiro atoms. The van der Waals surface area contributed by atoms with Crippen molar-refractivity contribution in [1.29, 1.82) is 0 Å². The molecule has 64 valence electrons. The van der Waals surface area contributed by atoms with Gasteiger partial charge in [0.15, 0.2) is 0 Å². The first-order valence-corrected chi connectivity index (χ1v) is 3.86. The minimum atomic E-state index is -0.358. The number of unbranched alkanes of at least 4 members (excludes halogenated alkanes) is 2. The van der Waals surface area contributed by atoms with Gasteiger partial charge in [0, 0.05) is 12.3 Å². The van der Waals surface area contributed by atoms with Gasteiger partial charge in [0.2, 0.25) is 0 Å². The Morgan fingerprint density at radius 2 is 2.27 bits per heavy atom. The van der Waals surface area contributed by atoms with Crippen molar-refractivity contribution >= 4 is 5.97 Å². The Labute approximate surface area is 67.2 Å². The number of rotatable bonds is 5. The second-order valence-electron chi connectivity index (χ2n) is 2.23. The number of hydrogen-bond acceptors (Lipinski definition) is 3. The third kappa shape index (κ3) is 6.90. The topological polar surface area (TPSA) is 52.3 Å². The zero-order chi connectivity index (χ0) is 8.53. The lowest BCUT2D eigenvalue weighted by atomic mass is 10.3. The molecule has 0 aromatic heterocycles. The van der Waals surface area contributed by atoms with E-state index in [4.69, 9.17) is 10.5 Å². The first-order valence-electron chi connectivity index (χ1n) is 3.86. The standard InChI is InChI=1S/C8H15NO2/c1-2-3-4-7-11-8(10)5-6-9/h5-6H,2-4,7,9H2,1H3/b6-5+. The van der Waals surface area contributed by atoms with Crippen molar-refractivity contribution in [1.82, 2.24) is 0 Å². The van der Waals surface area contributed by atoms with Gasteiger partial charge < -0.3 is 10.5 Å². The van der Waals surface area contributed by atoms with E-state index in [1.165, 1.54) is 12.3 Å².